The molecule has 2 aliphatic rings. The molecule has 0 unspecified atom stereocenters. The van der Waals surface area contributed by atoms with Crippen molar-refractivity contribution in [3.05, 3.63) is 18.1 Å². The lowest BCUT2D eigenvalue weighted by atomic mass is 9.91. The third-order valence-electron chi connectivity index (χ3n) is 5.13. The van der Waals surface area contributed by atoms with Gasteiger partial charge in [-0.2, -0.15) is 23.1 Å². The van der Waals surface area contributed by atoms with Crippen LogP contribution in [-0.4, -0.2) is 56.2 Å². The Kier molecular flexibility index (Phi) is 6.17. The lowest BCUT2D eigenvalue weighted by Crippen LogP contribution is -2.39. The van der Waals surface area contributed by atoms with Crippen LogP contribution < -0.4 is 14.8 Å². The Labute approximate surface area is 177 Å². The smallest absolute Gasteiger partial charge is 0.423 e. The fraction of sp³-hybridized carbons (Fsp3) is 0.684. The molecule has 2 aromatic heterocycles. The zero-order valence-corrected chi connectivity index (χ0v) is 17.3. The van der Waals surface area contributed by atoms with Gasteiger partial charge in [-0.3, -0.25) is 0 Å². The standard InChI is InChI=1S/C19H25F3N6O3/c1-11(2)30-18-24-10-28(27-18)13-5-3-4-12(6-13)25-17-23-7-15(19(20,21)22)16(26-17)31-14-8-29-9-14/h7,10-14H,3-6,8-9H2,1-2H3,(H,23,25,26)/t12-,13-/m0/s1. The van der Waals surface area contributed by atoms with Gasteiger partial charge in [0.2, 0.25) is 11.8 Å². The number of hydrogen-bond donors (Lipinski definition) is 1. The Bertz CT molecular complexity index is 887. The minimum absolute atomic E-state index is 0.0173. The third kappa shape index (κ3) is 5.35. The van der Waals surface area contributed by atoms with E-state index in [0.717, 1.165) is 25.5 Å². The number of hydrogen-bond acceptors (Lipinski definition) is 8. The molecule has 1 N–H and O–H groups in total. The number of nitrogens with one attached hydrogen (secondary N) is 1. The van der Waals surface area contributed by atoms with Gasteiger partial charge in [0.25, 0.3) is 0 Å². The second-order valence-corrected chi connectivity index (χ2v) is 8.02. The number of rotatable bonds is 7. The summed E-state index contributed by atoms with van der Waals surface area (Å²) in [4.78, 5) is 12.1. The third-order valence-corrected chi connectivity index (χ3v) is 5.13. The largest absolute Gasteiger partial charge is 0.469 e. The van der Waals surface area contributed by atoms with Gasteiger partial charge in [0.1, 0.15) is 18.0 Å². The molecule has 1 aliphatic carbocycles. The van der Waals surface area contributed by atoms with Crippen LogP contribution in [0.4, 0.5) is 19.1 Å². The Balaban J connectivity index is 1.44. The van der Waals surface area contributed by atoms with E-state index in [0.29, 0.717) is 12.4 Å². The van der Waals surface area contributed by atoms with E-state index in [1.807, 2.05) is 13.8 Å². The maximum absolute atomic E-state index is 13.3. The normalized spacial score (nSPS) is 22.3. The average molecular weight is 442 g/mol. The summed E-state index contributed by atoms with van der Waals surface area (Å²) >= 11 is 0. The van der Waals surface area contributed by atoms with Crippen molar-refractivity contribution in [1.82, 2.24) is 24.7 Å². The number of ether oxygens (including phenoxy) is 3. The monoisotopic (exact) mass is 442 g/mol. The molecule has 0 radical (unpaired) electrons. The maximum atomic E-state index is 13.3. The van der Waals surface area contributed by atoms with Crippen LogP contribution in [0.1, 0.15) is 51.1 Å². The summed E-state index contributed by atoms with van der Waals surface area (Å²) in [5.74, 6) is -0.367. The molecule has 31 heavy (non-hydrogen) atoms. The predicted octanol–water partition coefficient (Wildman–Crippen LogP) is 3.25. The minimum atomic E-state index is -4.60. The molecule has 4 rings (SSSR count). The van der Waals surface area contributed by atoms with Crippen LogP contribution in [0.5, 0.6) is 11.9 Å². The summed E-state index contributed by atoms with van der Waals surface area (Å²) in [5.41, 5.74) is -0.994. The molecule has 9 nitrogen and oxygen atoms in total. The van der Waals surface area contributed by atoms with Crippen molar-refractivity contribution in [3.63, 3.8) is 0 Å². The molecule has 0 spiro atoms. The van der Waals surface area contributed by atoms with Crippen LogP contribution in [0, 0.1) is 0 Å². The second-order valence-electron chi connectivity index (χ2n) is 8.02. The van der Waals surface area contributed by atoms with Crippen molar-refractivity contribution in [2.75, 3.05) is 18.5 Å². The quantitative estimate of drug-likeness (QED) is 0.698. The Hall–Kier alpha value is -2.63. The van der Waals surface area contributed by atoms with E-state index in [2.05, 4.69) is 25.4 Å². The fourth-order valence-corrected chi connectivity index (χ4v) is 3.58. The van der Waals surface area contributed by atoms with Gasteiger partial charge in [-0.15, -0.1) is 5.10 Å². The summed E-state index contributed by atoms with van der Waals surface area (Å²) in [6, 6.07) is 0.410. The summed E-state index contributed by atoms with van der Waals surface area (Å²) < 4.78 is 57.5. The summed E-state index contributed by atoms with van der Waals surface area (Å²) in [6.45, 7) is 4.30. The number of anilines is 1. The number of halogens is 3. The molecule has 1 aliphatic heterocycles. The van der Waals surface area contributed by atoms with E-state index in [4.69, 9.17) is 14.2 Å². The molecule has 12 heteroatoms. The first-order valence-corrected chi connectivity index (χ1v) is 10.3. The van der Waals surface area contributed by atoms with Gasteiger partial charge in [0.05, 0.1) is 25.4 Å². The van der Waals surface area contributed by atoms with Crippen LogP contribution in [0.15, 0.2) is 12.5 Å². The van der Waals surface area contributed by atoms with Gasteiger partial charge in [-0.1, -0.05) is 0 Å². The molecule has 0 bridgehead atoms. The van der Waals surface area contributed by atoms with Gasteiger partial charge in [-0.05, 0) is 39.5 Å². The van der Waals surface area contributed by atoms with Gasteiger partial charge in [0.15, 0.2) is 0 Å². The molecule has 2 aromatic rings. The molecule has 2 atom stereocenters. The highest BCUT2D eigenvalue weighted by Crippen LogP contribution is 2.36. The molecular formula is C19H25F3N6O3. The number of alkyl halides is 3. The maximum Gasteiger partial charge on any atom is 0.423 e. The highest BCUT2D eigenvalue weighted by Gasteiger charge is 2.38. The van der Waals surface area contributed by atoms with E-state index < -0.39 is 23.7 Å². The van der Waals surface area contributed by atoms with E-state index in [9.17, 15) is 13.2 Å². The first kappa shape index (κ1) is 21.6. The molecule has 1 saturated carbocycles. The highest BCUT2D eigenvalue weighted by molar-refractivity contribution is 5.36. The summed E-state index contributed by atoms with van der Waals surface area (Å²) in [6.07, 6.45) is 0.757. The first-order valence-electron chi connectivity index (χ1n) is 10.3. The molecule has 2 fully saturated rings. The Morgan fingerprint density at radius 2 is 2.03 bits per heavy atom. The predicted molar refractivity (Wildman–Crippen MR) is 103 cm³/mol. The van der Waals surface area contributed by atoms with Gasteiger partial charge < -0.3 is 19.5 Å². The topological polar surface area (TPSA) is 96.2 Å². The average Bonchev–Trinajstić information content (AvgIpc) is 3.12. The first-order chi connectivity index (χ1) is 14.8. The van der Waals surface area contributed by atoms with Crippen molar-refractivity contribution >= 4 is 5.95 Å². The molecule has 0 amide bonds. The number of nitrogens with zero attached hydrogens (tertiary/aromatic N) is 5. The van der Waals surface area contributed by atoms with E-state index in [1.54, 1.807) is 11.0 Å². The van der Waals surface area contributed by atoms with Crippen LogP contribution in [0.2, 0.25) is 0 Å². The summed E-state index contributed by atoms with van der Waals surface area (Å²) in [7, 11) is 0. The Morgan fingerprint density at radius 3 is 2.71 bits per heavy atom. The van der Waals surface area contributed by atoms with Crippen molar-refractivity contribution in [1.29, 1.82) is 0 Å². The second kappa shape index (κ2) is 8.85. The van der Waals surface area contributed by atoms with E-state index >= 15 is 0 Å². The zero-order chi connectivity index (χ0) is 22.0. The van der Waals surface area contributed by atoms with Crippen molar-refractivity contribution in [2.45, 2.75) is 70.0 Å². The van der Waals surface area contributed by atoms with Crippen LogP contribution >= 0.6 is 0 Å². The van der Waals surface area contributed by atoms with Crippen LogP contribution in [0.3, 0.4) is 0 Å². The molecule has 0 aromatic carbocycles. The van der Waals surface area contributed by atoms with Gasteiger partial charge >= 0.3 is 12.2 Å². The molecule has 170 valence electrons. The fourth-order valence-electron chi connectivity index (χ4n) is 3.58. The minimum Gasteiger partial charge on any atom is -0.469 e. The van der Waals surface area contributed by atoms with E-state index in [-0.39, 0.29) is 37.3 Å². The molecule has 3 heterocycles. The van der Waals surface area contributed by atoms with Crippen molar-refractivity contribution < 1.29 is 27.4 Å². The molecular weight excluding hydrogens is 417 g/mol. The zero-order valence-electron chi connectivity index (χ0n) is 17.3. The lowest BCUT2D eigenvalue weighted by Gasteiger charge is -2.30. The van der Waals surface area contributed by atoms with Gasteiger partial charge in [0, 0.05) is 12.2 Å². The van der Waals surface area contributed by atoms with Crippen molar-refractivity contribution in [2.24, 2.45) is 0 Å². The Morgan fingerprint density at radius 1 is 1.23 bits per heavy atom. The number of aromatic nitrogens is 5. The SMILES string of the molecule is CC(C)Oc1ncn([C@H]2CCC[C@H](Nc3ncc(C(F)(F)F)c(OC4COC4)n3)C2)n1. The van der Waals surface area contributed by atoms with Crippen LogP contribution in [0.25, 0.3) is 0 Å². The van der Waals surface area contributed by atoms with Crippen molar-refractivity contribution in [3.8, 4) is 11.9 Å². The van der Waals surface area contributed by atoms with Crippen LogP contribution in [-0.2, 0) is 10.9 Å². The lowest BCUT2D eigenvalue weighted by molar-refractivity contribution is -0.142. The van der Waals surface area contributed by atoms with E-state index in [1.165, 1.54) is 0 Å². The molecule has 1 saturated heterocycles. The van der Waals surface area contributed by atoms with Gasteiger partial charge in [-0.25, -0.2) is 9.67 Å². The highest BCUT2D eigenvalue weighted by atomic mass is 19.4. The summed E-state index contributed by atoms with van der Waals surface area (Å²) in [5, 5.41) is 7.54.